The molecule has 0 aromatic rings. The Morgan fingerprint density at radius 3 is 2.75 bits per heavy atom. The summed E-state index contributed by atoms with van der Waals surface area (Å²) in [5.74, 6) is 0.982. The van der Waals surface area contributed by atoms with Crippen molar-refractivity contribution in [2.24, 2.45) is 11.8 Å². The molecule has 0 heterocycles. The van der Waals surface area contributed by atoms with Crippen molar-refractivity contribution in [1.29, 1.82) is 0 Å². The standard InChI is InChI=1S/C13H25NO2/c1-10(2)11-5-6-13(3,9-12(11)16)14-7-4-8-15/h8,10-12,14,16H,4-7,9H2,1-3H3/t11-,12+,13+/m0/s1. The van der Waals surface area contributed by atoms with E-state index in [1.165, 1.54) is 0 Å². The number of carbonyl (C=O) groups is 1. The predicted molar refractivity (Wildman–Crippen MR) is 65.3 cm³/mol. The Hall–Kier alpha value is -0.410. The smallest absolute Gasteiger partial charge is 0.121 e. The molecule has 0 aromatic carbocycles. The highest BCUT2D eigenvalue weighted by molar-refractivity contribution is 5.49. The zero-order valence-corrected chi connectivity index (χ0v) is 10.7. The number of aliphatic hydroxyl groups excluding tert-OH is 1. The summed E-state index contributed by atoms with van der Waals surface area (Å²) in [6.07, 6.45) is 4.25. The second kappa shape index (κ2) is 5.78. The Labute approximate surface area is 98.6 Å². The minimum atomic E-state index is -0.206. The van der Waals surface area contributed by atoms with Crippen LogP contribution in [-0.2, 0) is 4.79 Å². The van der Waals surface area contributed by atoms with Gasteiger partial charge in [-0.15, -0.1) is 0 Å². The first kappa shape index (κ1) is 13.7. The van der Waals surface area contributed by atoms with E-state index in [0.717, 1.165) is 32.1 Å². The van der Waals surface area contributed by atoms with Crippen molar-refractivity contribution in [3.8, 4) is 0 Å². The number of rotatable bonds is 5. The van der Waals surface area contributed by atoms with E-state index in [2.05, 4.69) is 26.1 Å². The highest BCUT2D eigenvalue weighted by atomic mass is 16.3. The van der Waals surface area contributed by atoms with Crippen LogP contribution in [0.15, 0.2) is 0 Å². The van der Waals surface area contributed by atoms with Crippen molar-refractivity contribution in [2.45, 2.75) is 58.1 Å². The quantitative estimate of drug-likeness (QED) is 0.555. The van der Waals surface area contributed by atoms with Crippen molar-refractivity contribution in [2.75, 3.05) is 6.54 Å². The highest BCUT2D eigenvalue weighted by Crippen LogP contribution is 2.35. The van der Waals surface area contributed by atoms with Gasteiger partial charge in [0.25, 0.3) is 0 Å². The summed E-state index contributed by atoms with van der Waals surface area (Å²) in [6.45, 7) is 7.23. The highest BCUT2D eigenvalue weighted by Gasteiger charge is 2.37. The summed E-state index contributed by atoms with van der Waals surface area (Å²) < 4.78 is 0. The zero-order chi connectivity index (χ0) is 12.2. The van der Waals surface area contributed by atoms with E-state index in [1.807, 2.05) is 0 Å². The molecule has 3 nitrogen and oxygen atoms in total. The van der Waals surface area contributed by atoms with E-state index in [9.17, 15) is 9.90 Å². The van der Waals surface area contributed by atoms with E-state index in [0.29, 0.717) is 18.3 Å². The largest absolute Gasteiger partial charge is 0.393 e. The molecule has 0 saturated heterocycles. The molecular formula is C13H25NO2. The van der Waals surface area contributed by atoms with Gasteiger partial charge in [0, 0.05) is 18.5 Å². The SMILES string of the molecule is CC(C)[C@@H]1CC[C@@](C)(NCCC=O)C[C@H]1O. The lowest BCUT2D eigenvalue weighted by Gasteiger charge is -2.42. The summed E-state index contributed by atoms with van der Waals surface area (Å²) in [4.78, 5) is 10.3. The summed E-state index contributed by atoms with van der Waals surface area (Å²) in [5.41, 5.74) is 0.00775. The average Bonchev–Trinajstić information content (AvgIpc) is 2.17. The monoisotopic (exact) mass is 227 g/mol. The molecule has 1 aliphatic carbocycles. The number of hydrogen-bond donors (Lipinski definition) is 2. The van der Waals surface area contributed by atoms with E-state index in [-0.39, 0.29) is 11.6 Å². The van der Waals surface area contributed by atoms with Gasteiger partial charge in [-0.3, -0.25) is 0 Å². The molecule has 1 saturated carbocycles. The predicted octanol–water partition coefficient (Wildman–Crippen LogP) is 1.74. The molecule has 0 aromatic heterocycles. The van der Waals surface area contributed by atoms with Gasteiger partial charge in [0.15, 0.2) is 0 Å². The summed E-state index contributed by atoms with van der Waals surface area (Å²) in [5, 5.41) is 13.5. The first-order chi connectivity index (χ1) is 7.48. The van der Waals surface area contributed by atoms with Crippen LogP contribution in [0.3, 0.4) is 0 Å². The topological polar surface area (TPSA) is 49.3 Å². The molecule has 16 heavy (non-hydrogen) atoms. The third-order valence-corrected chi connectivity index (χ3v) is 3.85. The van der Waals surface area contributed by atoms with Crippen molar-refractivity contribution in [3.05, 3.63) is 0 Å². The zero-order valence-electron chi connectivity index (χ0n) is 10.7. The van der Waals surface area contributed by atoms with Crippen molar-refractivity contribution in [3.63, 3.8) is 0 Å². The number of aldehydes is 1. The molecule has 1 rings (SSSR count). The number of hydrogen-bond acceptors (Lipinski definition) is 3. The molecule has 1 aliphatic rings. The Morgan fingerprint density at radius 1 is 1.56 bits per heavy atom. The lowest BCUT2D eigenvalue weighted by molar-refractivity contribution is -0.107. The minimum absolute atomic E-state index is 0.00775. The molecule has 0 amide bonds. The maximum atomic E-state index is 10.3. The van der Waals surface area contributed by atoms with Crippen LogP contribution >= 0.6 is 0 Å². The second-order valence-electron chi connectivity index (χ2n) is 5.66. The van der Waals surface area contributed by atoms with E-state index in [4.69, 9.17) is 0 Å². The lowest BCUT2D eigenvalue weighted by atomic mass is 9.72. The molecule has 94 valence electrons. The third kappa shape index (κ3) is 3.56. The molecule has 0 bridgehead atoms. The van der Waals surface area contributed by atoms with Crippen LogP contribution in [-0.4, -0.2) is 29.6 Å². The number of aliphatic hydroxyl groups is 1. The second-order valence-corrected chi connectivity index (χ2v) is 5.66. The van der Waals surface area contributed by atoms with Crippen LogP contribution in [0.25, 0.3) is 0 Å². The molecule has 0 radical (unpaired) electrons. The molecule has 0 spiro atoms. The molecule has 3 atom stereocenters. The van der Waals surface area contributed by atoms with Crippen LogP contribution in [0, 0.1) is 11.8 Å². The first-order valence-corrected chi connectivity index (χ1v) is 6.35. The average molecular weight is 227 g/mol. The van der Waals surface area contributed by atoms with Gasteiger partial charge in [0.2, 0.25) is 0 Å². The number of nitrogens with one attached hydrogen (secondary N) is 1. The Kier molecular flexibility index (Phi) is 4.93. The maximum absolute atomic E-state index is 10.3. The molecular weight excluding hydrogens is 202 g/mol. The van der Waals surface area contributed by atoms with E-state index >= 15 is 0 Å². The van der Waals surface area contributed by atoms with Crippen molar-refractivity contribution >= 4 is 6.29 Å². The van der Waals surface area contributed by atoms with E-state index < -0.39 is 0 Å². The Balaban J connectivity index is 2.45. The molecule has 2 N–H and O–H groups in total. The first-order valence-electron chi connectivity index (χ1n) is 6.35. The Morgan fingerprint density at radius 2 is 2.25 bits per heavy atom. The van der Waals surface area contributed by atoms with Gasteiger partial charge in [0.1, 0.15) is 6.29 Å². The van der Waals surface area contributed by atoms with Gasteiger partial charge in [0.05, 0.1) is 6.10 Å². The van der Waals surface area contributed by atoms with Crippen LogP contribution in [0.1, 0.15) is 46.5 Å². The third-order valence-electron chi connectivity index (χ3n) is 3.85. The van der Waals surface area contributed by atoms with Crippen LogP contribution in [0.2, 0.25) is 0 Å². The summed E-state index contributed by atoms with van der Waals surface area (Å²) in [6, 6.07) is 0. The van der Waals surface area contributed by atoms with Crippen molar-refractivity contribution < 1.29 is 9.90 Å². The summed E-state index contributed by atoms with van der Waals surface area (Å²) in [7, 11) is 0. The van der Waals surface area contributed by atoms with Gasteiger partial charge in [-0.05, 0) is 38.0 Å². The molecule has 3 heteroatoms. The van der Waals surface area contributed by atoms with Crippen LogP contribution in [0.5, 0.6) is 0 Å². The number of carbonyl (C=O) groups excluding carboxylic acids is 1. The lowest BCUT2D eigenvalue weighted by Crippen LogP contribution is -2.51. The van der Waals surface area contributed by atoms with Crippen LogP contribution < -0.4 is 5.32 Å². The van der Waals surface area contributed by atoms with Gasteiger partial charge in [-0.25, -0.2) is 0 Å². The maximum Gasteiger partial charge on any atom is 0.121 e. The van der Waals surface area contributed by atoms with E-state index in [1.54, 1.807) is 0 Å². The van der Waals surface area contributed by atoms with Gasteiger partial charge < -0.3 is 15.2 Å². The molecule has 1 fully saturated rings. The molecule has 0 aliphatic heterocycles. The Bertz CT molecular complexity index is 230. The van der Waals surface area contributed by atoms with Crippen LogP contribution in [0.4, 0.5) is 0 Å². The van der Waals surface area contributed by atoms with Crippen molar-refractivity contribution in [1.82, 2.24) is 5.32 Å². The fraction of sp³-hybridized carbons (Fsp3) is 0.923. The van der Waals surface area contributed by atoms with Gasteiger partial charge in [-0.1, -0.05) is 13.8 Å². The van der Waals surface area contributed by atoms with Gasteiger partial charge in [-0.2, -0.15) is 0 Å². The fourth-order valence-corrected chi connectivity index (χ4v) is 2.76. The fourth-order valence-electron chi connectivity index (χ4n) is 2.76. The molecule has 0 unspecified atom stereocenters. The summed E-state index contributed by atoms with van der Waals surface area (Å²) >= 11 is 0. The minimum Gasteiger partial charge on any atom is -0.393 e. The normalized spacial score (nSPS) is 35.3. The van der Waals surface area contributed by atoms with Gasteiger partial charge >= 0.3 is 0 Å².